The first-order valence-corrected chi connectivity index (χ1v) is 13.7. The van der Waals surface area contributed by atoms with E-state index >= 15 is 0 Å². The zero-order valence-corrected chi connectivity index (χ0v) is 24.4. The van der Waals surface area contributed by atoms with Gasteiger partial charge in [-0.05, 0) is 69.5 Å². The molecule has 0 unspecified atom stereocenters. The molecule has 0 aliphatic carbocycles. The van der Waals surface area contributed by atoms with Crippen molar-refractivity contribution < 1.29 is 19.1 Å². The Hall–Kier alpha value is -4.54. The maximum atomic E-state index is 13.2. The van der Waals surface area contributed by atoms with Crippen molar-refractivity contribution in [2.24, 2.45) is 0 Å². The van der Waals surface area contributed by atoms with Crippen molar-refractivity contribution in [2.75, 3.05) is 41.0 Å². The van der Waals surface area contributed by atoms with Crippen LogP contribution in [0.3, 0.4) is 0 Å². The number of pyridine rings is 1. The van der Waals surface area contributed by atoms with Crippen molar-refractivity contribution in [1.82, 2.24) is 15.0 Å². The van der Waals surface area contributed by atoms with Gasteiger partial charge in [0.15, 0.2) is 0 Å². The third-order valence-corrected chi connectivity index (χ3v) is 5.85. The van der Waals surface area contributed by atoms with Gasteiger partial charge in [0.05, 0.1) is 6.42 Å². The predicted molar refractivity (Wildman–Crippen MR) is 160 cm³/mol. The van der Waals surface area contributed by atoms with Crippen LogP contribution in [0.5, 0.6) is 0 Å². The molecule has 0 bridgehead atoms. The fourth-order valence-electron chi connectivity index (χ4n) is 3.78. The highest BCUT2D eigenvalue weighted by molar-refractivity contribution is 6.07. The van der Waals surface area contributed by atoms with E-state index in [1.54, 1.807) is 64.5 Å². The Morgan fingerprint density at radius 3 is 2.46 bits per heavy atom. The van der Waals surface area contributed by atoms with Crippen LogP contribution in [0.2, 0.25) is 0 Å². The van der Waals surface area contributed by atoms with Gasteiger partial charge >= 0.3 is 5.97 Å². The molecular weight excluding hydrogens is 522 g/mol. The lowest BCUT2D eigenvalue weighted by Gasteiger charge is -2.21. The molecule has 2 heterocycles. The Balaban J connectivity index is 1.64. The number of rotatable bonds is 13. The molecular formula is C30H39N7O4. The minimum atomic E-state index is -0.604. The molecule has 1 aromatic carbocycles. The van der Waals surface area contributed by atoms with E-state index in [9.17, 15) is 14.4 Å². The molecule has 218 valence electrons. The Kier molecular flexibility index (Phi) is 11.1. The van der Waals surface area contributed by atoms with E-state index in [-0.39, 0.29) is 24.7 Å². The van der Waals surface area contributed by atoms with Gasteiger partial charge in [-0.15, -0.1) is 0 Å². The van der Waals surface area contributed by atoms with E-state index in [2.05, 4.69) is 30.9 Å². The number of carbonyl (C=O) groups excluding carboxylic acids is 3. The van der Waals surface area contributed by atoms with E-state index in [1.165, 1.54) is 11.1 Å². The fraction of sp³-hybridized carbons (Fsp3) is 0.400. The van der Waals surface area contributed by atoms with Crippen molar-refractivity contribution >= 4 is 40.9 Å². The molecule has 2 amide bonds. The standard InChI is InChI=1S/C30H39N7O4/c1-6-15-32-27-24(20-34-29(36-27)33-18-14-21-12-16-31-17-13-21)28(40)35-22-8-7-9-23(19-22)37(5)25(38)10-11-26(39)41-30(2,3)4/h7-9,12-13,16-17,19-20H,6,10-11,14-15,18H2,1-5H3,(H,35,40)(H2,32,33,34,36). The molecule has 0 atom stereocenters. The summed E-state index contributed by atoms with van der Waals surface area (Å²) in [4.78, 5) is 52.3. The largest absolute Gasteiger partial charge is 0.460 e. The highest BCUT2D eigenvalue weighted by atomic mass is 16.6. The van der Waals surface area contributed by atoms with Crippen LogP contribution < -0.4 is 20.9 Å². The number of nitrogens with zero attached hydrogens (tertiary/aromatic N) is 4. The van der Waals surface area contributed by atoms with Crippen molar-refractivity contribution in [3.8, 4) is 0 Å². The summed E-state index contributed by atoms with van der Waals surface area (Å²) in [5.41, 5.74) is 1.91. The van der Waals surface area contributed by atoms with Crippen LogP contribution in [0.4, 0.5) is 23.1 Å². The van der Waals surface area contributed by atoms with Crippen molar-refractivity contribution in [3.63, 3.8) is 0 Å². The molecule has 0 radical (unpaired) electrons. The summed E-state index contributed by atoms with van der Waals surface area (Å²) in [6.45, 7) is 8.64. The van der Waals surface area contributed by atoms with Crippen molar-refractivity contribution in [1.29, 1.82) is 0 Å². The van der Waals surface area contributed by atoms with Crippen LogP contribution in [0.25, 0.3) is 0 Å². The van der Waals surface area contributed by atoms with Crippen LogP contribution in [-0.2, 0) is 20.7 Å². The molecule has 11 nitrogen and oxygen atoms in total. The third kappa shape index (κ3) is 10.2. The predicted octanol–water partition coefficient (Wildman–Crippen LogP) is 4.69. The molecule has 3 rings (SSSR count). The smallest absolute Gasteiger partial charge is 0.306 e. The van der Waals surface area contributed by atoms with E-state index in [0.717, 1.165) is 18.4 Å². The summed E-state index contributed by atoms with van der Waals surface area (Å²) in [7, 11) is 1.62. The van der Waals surface area contributed by atoms with Gasteiger partial charge in [-0.3, -0.25) is 19.4 Å². The number of benzene rings is 1. The van der Waals surface area contributed by atoms with Crippen molar-refractivity contribution in [2.45, 2.75) is 59.0 Å². The Bertz CT molecular complexity index is 1330. The first-order chi connectivity index (χ1) is 19.6. The second-order valence-corrected chi connectivity index (χ2v) is 10.5. The van der Waals surface area contributed by atoms with Gasteiger partial charge in [0, 0.05) is 56.5 Å². The first-order valence-electron chi connectivity index (χ1n) is 13.7. The number of nitrogens with one attached hydrogen (secondary N) is 3. The van der Waals surface area contributed by atoms with E-state index in [1.807, 2.05) is 19.1 Å². The average Bonchev–Trinajstić information content (AvgIpc) is 2.94. The minimum Gasteiger partial charge on any atom is -0.460 e. The number of aromatic nitrogens is 3. The topological polar surface area (TPSA) is 138 Å². The van der Waals surface area contributed by atoms with E-state index < -0.39 is 11.6 Å². The summed E-state index contributed by atoms with van der Waals surface area (Å²) in [5, 5.41) is 9.28. The van der Waals surface area contributed by atoms with Gasteiger partial charge in [-0.1, -0.05) is 13.0 Å². The van der Waals surface area contributed by atoms with Crippen LogP contribution in [0.1, 0.15) is 62.9 Å². The quantitative estimate of drug-likeness (QED) is 0.254. The highest BCUT2D eigenvalue weighted by Gasteiger charge is 2.20. The SMILES string of the molecule is CCCNc1nc(NCCc2ccncc2)ncc1C(=O)Nc1cccc(N(C)C(=O)CCC(=O)OC(C)(C)C)c1. The third-order valence-electron chi connectivity index (χ3n) is 5.85. The fourth-order valence-corrected chi connectivity index (χ4v) is 3.78. The minimum absolute atomic E-state index is 0.00867. The number of hydrogen-bond donors (Lipinski definition) is 3. The summed E-state index contributed by atoms with van der Waals surface area (Å²) >= 11 is 0. The number of hydrogen-bond acceptors (Lipinski definition) is 9. The molecule has 3 aromatic rings. The van der Waals surface area contributed by atoms with Crippen LogP contribution in [0, 0.1) is 0 Å². The second-order valence-electron chi connectivity index (χ2n) is 10.5. The monoisotopic (exact) mass is 561 g/mol. The maximum Gasteiger partial charge on any atom is 0.306 e. The molecule has 0 saturated heterocycles. The number of amides is 2. The summed E-state index contributed by atoms with van der Waals surface area (Å²) in [6, 6.07) is 10.8. The van der Waals surface area contributed by atoms with Gasteiger partial charge < -0.3 is 25.6 Å². The molecule has 11 heteroatoms. The van der Waals surface area contributed by atoms with Gasteiger partial charge in [-0.25, -0.2) is 4.98 Å². The molecule has 41 heavy (non-hydrogen) atoms. The van der Waals surface area contributed by atoms with Gasteiger partial charge in [0.1, 0.15) is 17.0 Å². The second kappa shape index (κ2) is 14.7. The molecule has 0 aliphatic rings. The van der Waals surface area contributed by atoms with E-state index in [4.69, 9.17) is 4.74 Å². The number of esters is 1. The summed E-state index contributed by atoms with van der Waals surface area (Å²) in [6.07, 6.45) is 6.63. The van der Waals surface area contributed by atoms with Gasteiger partial charge in [0.25, 0.3) is 5.91 Å². The van der Waals surface area contributed by atoms with Gasteiger partial charge in [-0.2, -0.15) is 4.98 Å². The number of anilines is 4. The van der Waals surface area contributed by atoms with E-state index in [0.29, 0.717) is 41.8 Å². The number of carbonyl (C=O) groups is 3. The molecule has 0 spiro atoms. The highest BCUT2D eigenvalue weighted by Crippen LogP contribution is 2.22. The lowest BCUT2D eigenvalue weighted by molar-refractivity contribution is -0.155. The summed E-state index contributed by atoms with van der Waals surface area (Å²) < 4.78 is 5.28. The Labute approximate surface area is 241 Å². The lowest BCUT2D eigenvalue weighted by Crippen LogP contribution is -2.28. The normalized spacial score (nSPS) is 11.0. The number of ether oxygens (including phenoxy) is 1. The molecule has 2 aromatic heterocycles. The molecule has 3 N–H and O–H groups in total. The average molecular weight is 562 g/mol. The Morgan fingerprint density at radius 2 is 1.76 bits per heavy atom. The maximum absolute atomic E-state index is 13.2. The molecule has 0 saturated carbocycles. The zero-order valence-electron chi connectivity index (χ0n) is 24.4. The van der Waals surface area contributed by atoms with Crippen LogP contribution in [-0.4, -0.2) is 58.5 Å². The lowest BCUT2D eigenvalue weighted by atomic mass is 10.2. The Morgan fingerprint density at radius 1 is 1.00 bits per heavy atom. The van der Waals surface area contributed by atoms with Crippen LogP contribution in [0.15, 0.2) is 55.0 Å². The van der Waals surface area contributed by atoms with Crippen molar-refractivity contribution in [3.05, 3.63) is 66.1 Å². The molecule has 0 aliphatic heterocycles. The summed E-state index contributed by atoms with van der Waals surface area (Å²) in [5.74, 6) is -0.210. The van der Waals surface area contributed by atoms with Crippen LogP contribution >= 0.6 is 0 Å². The first kappa shape index (κ1) is 31.0. The van der Waals surface area contributed by atoms with Gasteiger partial charge in [0.2, 0.25) is 11.9 Å². The molecule has 0 fully saturated rings. The zero-order chi connectivity index (χ0) is 29.8.